The van der Waals surface area contributed by atoms with Crippen LogP contribution >= 0.6 is 11.3 Å². The molecule has 1 nitrogen and oxygen atoms in total. The van der Waals surface area contributed by atoms with E-state index in [9.17, 15) is 4.39 Å². The molecule has 2 aromatic rings. The maximum Gasteiger partial charge on any atom is 0.123 e. The van der Waals surface area contributed by atoms with E-state index in [1.54, 1.807) is 11.3 Å². The van der Waals surface area contributed by atoms with Crippen molar-refractivity contribution < 1.29 is 4.39 Å². The van der Waals surface area contributed by atoms with Gasteiger partial charge >= 0.3 is 0 Å². The van der Waals surface area contributed by atoms with Gasteiger partial charge in [-0.15, -0.1) is 11.3 Å². The van der Waals surface area contributed by atoms with E-state index in [1.807, 2.05) is 19.2 Å². The molecule has 1 aromatic heterocycles. The second-order valence-corrected chi connectivity index (χ2v) is 5.35. The summed E-state index contributed by atoms with van der Waals surface area (Å²) in [6, 6.07) is 10.8. The predicted octanol–water partition coefficient (Wildman–Crippen LogP) is 4.18. The lowest BCUT2D eigenvalue weighted by Crippen LogP contribution is -2.08. The Morgan fingerprint density at radius 3 is 2.61 bits per heavy atom. The molecule has 0 aliphatic heterocycles. The first kappa shape index (κ1) is 13.0. The number of hydrogen-bond donors (Lipinski definition) is 1. The van der Waals surface area contributed by atoms with Crippen LogP contribution in [-0.2, 0) is 0 Å². The fraction of sp³-hybridized carbons (Fsp3) is 0.200. The van der Waals surface area contributed by atoms with Crippen LogP contribution < -0.4 is 5.32 Å². The van der Waals surface area contributed by atoms with E-state index in [0.29, 0.717) is 0 Å². The van der Waals surface area contributed by atoms with Crippen LogP contribution in [-0.4, -0.2) is 13.6 Å². The summed E-state index contributed by atoms with van der Waals surface area (Å²) in [6.07, 6.45) is 2.17. The second-order valence-electron chi connectivity index (χ2n) is 4.23. The van der Waals surface area contributed by atoms with Crippen LogP contribution in [0.5, 0.6) is 0 Å². The smallest absolute Gasteiger partial charge is 0.123 e. The summed E-state index contributed by atoms with van der Waals surface area (Å²) in [5.41, 5.74) is 2.36. The van der Waals surface area contributed by atoms with E-state index in [-0.39, 0.29) is 5.82 Å². The van der Waals surface area contributed by atoms with Gasteiger partial charge < -0.3 is 5.32 Å². The number of nitrogens with one attached hydrogen (secondary N) is 1. The van der Waals surface area contributed by atoms with E-state index < -0.39 is 0 Å². The van der Waals surface area contributed by atoms with Crippen molar-refractivity contribution in [3.8, 4) is 10.4 Å². The molecule has 2 rings (SSSR count). The van der Waals surface area contributed by atoms with Crippen molar-refractivity contribution in [2.45, 2.75) is 6.92 Å². The summed E-state index contributed by atoms with van der Waals surface area (Å²) >= 11 is 1.72. The van der Waals surface area contributed by atoms with Gasteiger partial charge in [0.2, 0.25) is 0 Å². The Morgan fingerprint density at radius 2 is 1.94 bits per heavy atom. The third kappa shape index (κ3) is 3.28. The van der Waals surface area contributed by atoms with Gasteiger partial charge in [0.1, 0.15) is 5.82 Å². The zero-order valence-electron chi connectivity index (χ0n) is 10.5. The Kier molecular flexibility index (Phi) is 4.28. The van der Waals surface area contributed by atoms with Gasteiger partial charge in [0.25, 0.3) is 0 Å². The second kappa shape index (κ2) is 5.94. The van der Waals surface area contributed by atoms with Crippen LogP contribution in [0.1, 0.15) is 11.8 Å². The molecule has 94 valence electrons. The first-order valence-electron chi connectivity index (χ1n) is 5.86. The molecule has 0 bridgehead atoms. The predicted molar refractivity (Wildman–Crippen MR) is 77.3 cm³/mol. The SMILES string of the molecule is CNCC(C)=Cc1ccc(-c2ccc(F)cc2)s1. The molecule has 0 aliphatic rings. The lowest BCUT2D eigenvalue weighted by atomic mass is 10.2. The molecule has 0 aliphatic carbocycles. The summed E-state index contributed by atoms with van der Waals surface area (Å²) in [6.45, 7) is 3.00. The summed E-state index contributed by atoms with van der Waals surface area (Å²) in [5, 5.41) is 3.13. The van der Waals surface area contributed by atoms with E-state index in [1.165, 1.54) is 27.5 Å². The third-order valence-electron chi connectivity index (χ3n) is 2.60. The Bertz CT molecular complexity index is 540. The Balaban J connectivity index is 2.20. The molecule has 0 atom stereocenters. The zero-order chi connectivity index (χ0) is 13.0. The minimum absolute atomic E-state index is 0.194. The maximum absolute atomic E-state index is 12.9. The maximum atomic E-state index is 12.9. The van der Waals surface area contributed by atoms with Crippen molar-refractivity contribution in [3.05, 3.63) is 52.7 Å². The van der Waals surface area contributed by atoms with Crippen molar-refractivity contribution in [1.29, 1.82) is 0 Å². The number of likely N-dealkylation sites (N-methyl/N-ethyl adjacent to an activating group) is 1. The lowest BCUT2D eigenvalue weighted by molar-refractivity contribution is 0.628. The van der Waals surface area contributed by atoms with Crippen molar-refractivity contribution in [2.75, 3.05) is 13.6 Å². The Hall–Kier alpha value is -1.45. The van der Waals surface area contributed by atoms with Crippen LogP contribution in [0.2, 0.25) is 0 Å². The van der Waals surface area contributed by atoms with E-state index in [4.69, 9.17) is 0 Å². The Labute approximate surface area is 111 Å². The topological polar surface area (TPSA) is 12.0 Å². The van der Waals surface area contributed by atoms with Gasteiger partial charge in [0.15, 0.2) is 0 Å². The highest BCUT2D eigenvalue weighted by Crippen LogP contribution is 2.29. The summed E-state index contributed by atoms with van der Waals surface area (Å²) < 4.78 is 12.9. The molecular weight excluding hydrogens is 245 g/mol. The molecule has 0 spiro atoms. The molecule has 18 heavy (non-hydrogen) atoms. The van der Waals surface area contributed by atoms with Gasteiger partial charge in [-0.2, -0.15) is 0 Å². The van der Waals surface area contributed by atoms with E-state index in [0.717, 1.165) is 12.1 Å². The molecule has 1 heterocycles. The highest BCUT2D eigenvalue weighted by Gasteiger charge is 2.02. The zero-order valence-corrected chi connectivity index (χ0v) is 11.4. The monoisotopic (exact) mass is 261 g/mol. The third-order valence-corrected chi connectivity index (χ3v) is 3.68. The standard InChI is InChI=1S/C15H16FNS/c1-11(10-17-2)9-14-7-8-15(18-14)12-3-5-13(16)6-4-12/h3-9,17H,10H2,1-2H3. The van der Waals surface area contributed by atoms with Crippen LogP contribution in [0.4, 0.5) is 4.39 Å². The molecule has 0 saturated carbocycles. The van der Waals surface area contributed by atoms with Crippen LogP contribution in [0.25, 0.3) is 16.5 Å². The van der Waals surface area contributed by atoms with Gasteiger partial charge in [-0.05, 0) is 49.9 Å². The first-order valence-corrected chi connectivity index (χ1v) is 6.68. The van der Waals surface area contributed by atoms with Gasteiger partial charge in [-0.25, -0.2) is 4.39 Å². The first-order chi connectivity index (χ1) is 8.69. The number of thiophene rings is 1. The van der Waals surface area contributed by atoms with Crippen molar-refractivity contribution >= 4 is 17.4 Å². The number of rotatable bonds is 4. The highest BCUT2D eigenvalue weighted by atomic mass is 32.1. The van der Waals surface area contributed by atoms with Gasteiger partial charge in [0.05, 0.1) is 0 Å². The molecular formula is C15H16FNS. The van der Waals surface area contributed by atoms with Gasteiger partial charge in [-0.1, -0.05) is 17.7 Å². The molecule has 1 N–H and O–H groups in total. The fourth-order valence-electron chi connectivity index (χ4n) is 1.77. The average molecular weight is 261 g/mol. The normalized spacial score (nSPS) is 11.8. The lowest BCUT2D eigenvalue weighted by Gasteiger charge is -1.98. The van der Waals surface area contributed by atoms with Crippen molar-refractivity contribution in [2.24, 2.45) is 0 Å². The molecule has 3 heteroatoms. The Morgan fingerprint density at radius 1 is 1.22 bits per heavy atom. The molecule has 1 aromatic carbocycles. The number of halogens is 1. The van der Waals surface area contributed by atoms with Crippen LogP contribution in [0, 0.1) is 5.82 Å². The summed E-state index contributed by atoms with van der Waals surface area (Å²) in [5.74, 6) is -0.194. The molecule has 0 unspecified atom stereocenters. The minimum atomic E-state index is -0.194. The molecule has 0 saturated heterocycles. The number of hydrogen-bond acceptors (Lipinski definition) is 2. The fourth-order valence-corrected chi connectivity index (χ4v) is 2.81. The van der Waals surface area contributed by atoms with Crippen molar-refractivity contribution in [3.63, 3.8) is 0 Å². The van der Waals surface area contributed by atoms with E-state index >= 15 is 0 Å². The summed E-state index contributed by atoms with van der Waals surface area (Å²) in [7, 11) is 1.94. The quantitative estimate of drug-likeness (QED) is 0.870. The minimum Gasteiger partial charge on any atom is -0.316 e. The van der Waals surface area contributed by atoms with Crippen LogP contribution in [0.3, 0.4) is 0 Å². The molecule has 0 amide bonds. The number of benzene rings is 1. The van der Waals surface area contributed by atoms with Crippen molar-refractivity contribution in [1.82, 2.24) is 5.32 Å². The van der Waals surface area contributed by atoms with Gasteiger partial charge in [-0.3, -0.25) is 0 Å². The average Bonchev–Trinajstić information content (AvgIpc) is 2.78. The van der Waals surface area contributed by atoms with Gasteiger partial charge in [0, 0.05) is 16.3 Å². The molecule has 0 radical (unpaired) electrons. The van der Waals surface area contributed by atoms with E-state index in [2.05, 4.69) is 30.4 Å². The highest BCUT2D eigenvalue weighted by molar-refractivity contribution is 7.16. The van der Waals surface area contributed by atoms with Crippen LogP contribution in [0.15, 0.2) is 42.0 Å². The molecule has 0 fully saturated rings. The summed E-state index contributed by atoms with van der Waals surface area (Å²) in [4.78, 5) is 2.39. The largest absolute Gasteiger partial charge is 0.316 e.